The van der Waals surface area contributed by atoms with Crippen molar-refractivity contribution in [3.8, 4) is 0 Å². The Kier molecular flexibility index (Phi) is 7.79. The first-order valence-electron chi connectivity index (χ1n) is 13.7. The van der Waals surface area contributed by atoms with Crippen molar-refractivity contribution in [1.82, 2.24) is 19.2 Å². The van der Waals surface area contributed by atoms with Crippen LogP contribution in [0.4, 0.5) is 5.82 Å². The van der Waals surface area contributed by atoms with E-state index in [4.69, 9.17) is 9.97 Å². The zero-order valence-electron chi connectivity index (χ0n) is 22.2. The van der Waals surface area contributed by atoms with Gasteiger partial charge >= 0.3 is 0 Å². The number of hydrogen-bond donors (Lipinski definition) is 1. The molecule has 1 saturated heterocycles. The van der Waals surface area contributed by atoms with Crippen LogP contribution >= 0.6 is 0 Å². The van der Waals surface area contributed by atoms with E-state index < -0.39 is 10.0 Å². The molecule has 0 amide bonds. The van der Waals surface area contributed by atoms with Crippen molar-refractivity contribution < 1.29 is 8.42 Å². The van der Waals surface area contributed by atoms with Crippen LogP contribution in [0.15, 0.2) is 53.4 Å². The van der Waals surface area contributed by atoms with E-state index in [2.05, 4.69) is 37.1 Å². The molecule has 3 aromatic rings. The van der Waals surface area contributed by atoms with Crippen LogP contribution in [0.2, 0.25) is 0 Å². The average molecular weight is 522 g/mol. The van der Waals surface area contributed by atoms with E-state index in [1.54, 1.807) is 16.4 Å². The maximum Gasteiger partial charge on any atom is 0.243 e. The summed E-state index contributed by atoms with van der Waals surface area (Å²) in [4.78, 5) is 12.6. The van der Waals surface area contributed by atoms with Crippen LogP contribution in [-0.2, 0) is 10.0 Å². The van der Waals surface area contributed by atoms with Crippen molar-refractivity contribution in [2.75, 3.05) is 31.5 Å². The van der Waals surface area contributed by atoms with Gasteiger partial charge in [-0.25, -0.2) is 18.4 Å². The minimum Gasteiger partial charge on any atom is -0.367 e. The molecule has 5 rings (SSSR count). The zero-order valence-corrected chi connectivity index (χ0v) is 23.0. The van der Waals surface area contributed by atoms with Gasteiger partial charge in [-0.2, -0.15) is 4.31 Å². The van der Waals surface area contributed by atoms with Crippen molar-refractivity contribution in [2.45, 2.75) is 75.8 Å². The number of para-hydroxylation sites is 1. The van der Waals surface area contributed by atoms with Crippen LogP contribution in [0.3, 0.4) is 0 Å². The molecule has 1 aromatic heterocycles. The SMILES string of the molecule is CC(C)c1ccc(S(=O)(=O)N2CCN(C(C)c3nc(NC4CCCCC4)c4ccccc4n3)CC2)cc1. The van der Waals surface area contributed by atoms with E-state index in [1.807, 2.05) is 30.3 Å². The van der Waals surface area contributed by atoms with E-state index in [0.29, 0.717) is 43.0 Å². The highest BCUT2D eigenvalue weighted by Gasteiger charge is 2.31. The van der Waals surface area contributed by atoms with Gasteiger partial charge in [0.05, 0.1) is 16.5 Å². The van der Waals surface area contributed by atoms with Gasteiger partial charge in [-0.05, 0) is 55.5 Å². The van der Waals surface area contributed by atoms with Gasteiger partial charge in [0, 0.05) is 37.6 Å². The van der Waals surface area contributed by atoms with Gasteiger partial charge in [-0.1, -0.05) is 57.4 Å². The van der Waals surface area contributed by atoms with E-state index in [0.717, 1.165) is 28.1 Å². The number of nitrogens with zero attached hydrogens (tertiary/aromatic N) is 4. The van der Waals surface area contributed by atoms with Gasteiger partial charge < -0.3 is 5.32 Å². The van der Waals surface area contributed by atoms with Crippen molar-refractivity contribution in [3.63, 3.8) is 0 Å². The van der Waals surface area contributed by atoms with Gasteiger partial charge in [-0.3, -0.25) is 4.90 Å². The Hall–Kier alpha value is -2.55. The minimum absolute atomic E-state index is 0.00769. The Morgan fingerprint density at radius 2 is 1.54 bits per heavy atom. The maximum absolute atomic E-state index is 13.3. The quantitative estimate of drug-likeness (QED) is 0.438. The second-order valence-electron chi connectivity index (χ2n) is 10.8. The molecule has 0 spiro atoms. The summed E-state index contributed by atoms with van der Waals surface area (Å²) >= 11 is 0. The molecule has 8 heteroatoms. The smallest absolute Gasteiger partial charge is 0.243 e. The molecule has 2 fully saturated rings. The number of sulfonamides is 1. The lowest BCUT2D eigenvalue weighted by Gasteiger charge is -2.37. The number of benzene rings is 2. The number of rotatable bonds is 7. The Labute approximate surface area is 221 Å². The first kappa shape index (κ1) is 26.1. The highest BCUT2D eigenvalue weighted by molar-refractivity contribution is 7.89. The molecular formula is C29H39N5O2S. The lowest BCUT2D eigenvalue weighted by molar-refractivity contribution is 0.141. The largest absolute Gasteiger partial charge is 0.367 e. The van der Waals surface area contributed by atoms with Crippen LogP contribution in [0.25, 0.3) is 10.9 Å². The third-order valence-electron chi connectivity index (χ3n) is 7.95. The average Bonchev–Trinajstić information content (AvgIpc) is 2.93. The minimum atomic E-state index is -3.50. The van der Waals surface area contributed by atoms with Crippen LogP contribution in [0.5, 0.6) is 0 Å². The van der Waals surface area contributed by atoms with Crippen molar-refractivity contribution in [1.29, 1.82) is 0 Å². The zero-order chi connectivity index (χ0) is 26.0. The van der Waals surface area contributed by atoms with E-state index in [1.165, 1.54) is 32.1 Å². The van der Waals surface area contributed by atoms with Gasteiger partial charge in [-0.15, -0.1) is 0 Å². The predicted molar refractivity (Wildman–Crippen MR) is 149 cm³/mol. The molecule has 1 N–H and O–H groups in total. The highest BCUT2D eigenvalue weighted by Crippen LogP contribution is 2.29. The molecule has 0 radical (unpaired) electrons. The Morgan fingerprint density at radius 3 is 2.22 bits per heavy atom. The molecule has 7 nitrogen and oxygen atoms in total. The van der Waals surface area contributed by atoms with Crippen LogP contribution in [0, 0.1) is 0 Å². The number of hydrogen-bond acceptors (Lipinski definition) is 6. The molecular weight excluding hydrogens is 482 g/mol. The standard InChI is InChI=1S/C29H39N5O2S/c1-21(2)23-13-15-25(16-14-23)37(35,36)34-19-17-33(18-20-34)22(3)28-31-27-12-8-7-11-26(27)29(32-28)30-24-9-5-4-6-10-24/h7-8,11-16,21-22,24H,4-6,9-10,17-20H2,1-3H3,(H,30,31,32). The third-order valence-corrected chi connectivity index (χ3v) is 9.86. The molecule has 2 aromatic carbocycles. The first-order chi connectivity index (χ1) is 17.8. The molecule has 1 aliphatic carbocycles. The summed E-state index contributed by atoms with van der Waals surface area (Å²) in [6, 6.07) is 16.0. The number of fused-ring (bicyclic) bond motifs is 1. The van der Waals surface area contributed by atoms with Crippen molar-refractivity contribution >= 4 is 26.7 Å². The lowest BCUT2D eigenvalue weighted by Crippen LogP contribution is -2.49. The Morgan fingerprint density at radius 1 is 0.865 bits per heavy atom. The van der Waals surface area contributed by atoms with Crippen molar-refractivity contribution in [2.24, 2.45) is 0 Å². The molecule has 1 unspecified atom stereocenters. The predicted octanol–water partition coefficient (Wildman–Crippen LogP) is 5.57. The summed E-state index contributed by atoms with van der Waals surface area (Å²) in [5.41, 5.74) is 2.09. The Bertz CT molecular complexity index is 1310. The fraction of sp³-hybridized carbons (Fsp3) is 0.517. The fourth-order valence-corrected chi connectivity index (χ4v) is 6.92. The molecule has 2 aliphatic rings. The molecule has 1 aliphatic heterocycles. The number of aromatic nitrogens is 2. The molecule has 37 heavy (non-hydrogen) atoms. The second kappa shape index (κ2) is 11.1. The first-order valence-corrected chi connectivity index (χ1v) is 15.1. The number of piperazine rings is 1. The monoisotopic (exact) mass is 521 g/mol. The highest BCUT2D eigenvalue weighted by atomic mass is 32.2. The number of nitrogens with one attached hydrogen (secondary N) is 1. The molecule has 2 heterocycles. The summed E-state index contributed by atoms with van der Waals surface area (Å²) in [7, 11) is -3.50. The molecule has 1 atom stereocenters. The summed E-state index contributed by atoms with van der Waals surface area (Å²) < 4.78 is 28.1. The Balaban J connectivity index is 1.30. The van der Waals surface area contributed by atoms with Gasteiger partial charge in [0.1, 0.15) is 11.6 Å². The fourth-order valence-electron chi connectivity index (χ4n) is 5.50. The maximum atomic E-state index is 13.3. The van der Waals surface area contributed by atoms with Gasteiger partial charge in [0.15, 0.2) is 0 Å². The summed E-state index contributed by atoms with van der Waals surface area (Å²) in [5, 5.41) is 4.78. The van der Waals surface area contributed by atoms with E-state index in [-0.39, 0.29) is 6.04 Å². The normalized spacial score (nSPS) is 19.4. The van der Waals surface area contributed by atoms with Crippen molar-refractivity contribution in [3.05, 3.63) is 59.9 Å². The summed E-state index contributed by atoms with van der Waals surface area (Å²) in [5.74, 6) is 2.08. The summed E-state index contributed by atoms with van der Waals surface area (Å²) in [6.07, 6.45) is 6.20. The second-order valence-corrected chi connectivity index (χ2v) is 12.7. The summed E-state index contributed by atoms with van der Waals surface area (Å²) in [6.45, 7) is 8.55. The van der Waals surface area contributed by atoms with Gasteiger partial charge in [0.2, 0.25) is 10.0 Å². The lowest BCUT2D eigenvalue weighted by atomic mass is 9.95. The van der Waals surface area contributed by atoms with Crippen LogP contribution < -0.4 is 5.32 Å². The molecule has 0 bridgehead atoms. The molecule has 1 saturated carbocycles. The number of anilines is 1. The van der Waals surface area contributed by atoms with E-state index >= 15 is 0 Å². The van der Waals surface area contributed by atoms with Crippen LogP contribution in [-0.4, -0.2) is 59.8 Å². The topological polar surface area (TPSA) is 78.4 Å². The van der Waals surface area contributed by atoms with E-state index in [9.17, 15) is 8.42 Å². The third kappa shape index (κ3) is 5.66. The van der Waals surface area contributed by atoms with Crippen LogP contribution in [0.1, 0.15) is 76.2 Å². The van der Waals surface area contributed by atoms with Gasteiger partial charge in [0.25, 0.3) is 0 Å². The molecule has 198 valence electrons.